The Morgan fingerprint density at radius 2 is 2.00 bits per heavy atom. The van der Waals surface area contributed by atoms with E-state index in [1.165, 1.54) is 10.6 Å². The van der Waals surface area contributed by atoms with Crippen molar-refractivity contribution in [1.82, 2.24) is 14.3 Å². The number of aromatic nitrogens is 2. The van der Waals surface area contributed by atoms with E-state index in [9.17, 15) is 17.2 Å². The minimum Gasteiger partial charge on any atom is -0.369 e. The van der Waals surface area contributed by atoms with Gasteiger partial charge < -0.3 is 10.3 Å². The number of hydrogen-bond acceptors (Lipinski definition) is 4. The monoisotopic (exact) mass is 318 g/mol. The number of nitrogens with two attached hydrogens (primary N) is 1. The summed E-state index contributed by atoms with van der Waals surface area (Å²) < 4.78 is 53.7. The molecule has 0 fully saturated rings. The predicted molar refractivity (Wildman–Crippen MR) is 76.1 cm³/mol. The standard InChI is InChI=1S/C12H16F2N4O2S/c1-12(2,17-21(3,19)20)6-18-10-8(16-11(18)15)5-4-7(13)9(10)14/h4-5,17H,6H2,1-3H3,(H2,15,16). The smallest absolute Gasteiger partial charge is 0.209 e. The zero-order chi connectivity index (χ0) is 16.0. The van der Waals surface area contributed by atoms with E-state index in [2.05, 4.69) is 9.71 Å². The van der Waals surface area contributed by atoms with Crippen molar-refractivity contribution in [2.45, 2.75) is 25.9 Å². The van der Waals surface area contributed by atoms with Crippen LogP contribution in [0.2, 0.25) is 0 Å². The van der Waals surface area contributed by atoms with Gasteiger partial charge in [-0.3, -0.25) is 0 Å². The first kappa shape index (κ1) is 15.6. The molecule has 9 heteroatoms. The largest absolute Gasteiger partial charge is 0.369 e. The molecule has 0 aliphatic carbocycles. The van der Waals surface area contributed by atoms with E-state index < -0.39 is 27.2 Å². The van der Waals surface area contributed by atoms with Crippen LogP contribution in [0.1, 0.15) is 13.8 Å². The normalized spacial score (nSPS) is 13.0. The van der Waals surface area contributed by atoms with Gasteiger partial charge in [-0.1, -0.05) is 0 Å². The van der Waals surface area contributed by atoms with Crippen LogP contribution in [0.15, 0.2) is 12.1 Å². The first-order chi connectivity index (χ1) is 9.50. The van der Waals surface area contributed by atoms with Crippen LogP contribution in [-0.4, -0.2) is 29.8 Å². The van der Waals surface area contributed by atoms with Gasteiger partial charge in [0.25, 0.3) is 0 Å². The Labute approximate surface area is 121 Å². The number of sulfonamides is 1. The lowest BCUT2D eigenvalue weighted by molar-refractivity contribution is 0.395. The summed E-state index contributed by atoms with van der Waals surface area (Å²) in [5.74, 6) is -2.10. The molecule has 2 rings (SSSR count). The van der Waals surface area contributed by atoms with Crippen LogP contribution in [0.5, 0.6) is 0 Å². The molecule has 0 saturated heterocycles. The highest BCUT2D eigenvalue weighted by molar-refractivity contribution is 7.88. The quantitative estimate of drug-likeness (QED) is 0.887. The Balaban J connectivity index is 2.52. The summed E-state index contributed by atoms with van der Waals surface area (Å²) in [7, 11) is -3.46. The summed E-state index contributed by atoms with van der Waals surface area (Å²) in [4.78, 5) is 3.95. The van der Waals surface area contributed by atoms with Gasteiger partial charge in [0.05, 0.1) is 11.8 Å². The Kier molecular flexibility index (Phi) is 3.66. The molecule has 3 N–H and O–H groups in total. The van der Waals surface area contributed by atoms with E-state index >= 15 is 0 Å². The van der Waals surface area contributed by atoms with Gasteiger partial charge >= 0.3 is 0 Å². The molecule has 0 atom stereocenters. The number of imidazole rings is 1. The maximum Gasteiger partial charge on any atom is 0.209 e. The van der Waals surface area contributed by atoms with Crippen molar-refractivity contribution in [1.29, 1.82) is 0 Å². The first-order valence-electron chi connectivity index (χ1n) is 6.09. The molecule has 0 aliphatic heterocycles. The Morgan fingerprint density at radius 3 is 2.57 bits per heavy atom. The lowest BCUT2D eigenvalue weighted by atomic mass is 10.1. The third-order valence-electron chi connectivity index (χ3n) is 2.84. The molecule has 1 aromatic carbocycles. The summed E-state index contributed by atoms with van der Waals surface area (Å²) in [6.07, 6.45) is 1.02. The van der Waals surface area contributed by atoms with Crippen LogP contribution in [0.3, 0.4) is 0 Å². The van der Waals surface area contributed by atoms with Gasteiger partial charge in [-0.25, -0.2) is 26.9 Å². The number of rotatable bonds is 4. The van der Waals surface area contributed by atoms with Crippen molar-refractivity contribution in [2.75, 3.05) is 12.0 Å². The van der Waals surface area contributed by atoms with Crippen molar-refractivity contribution in [3.63, 3.8) is 0 Å². The number of anilines is 1. The molecule has 0 unspecified atom stereocenters. The average molecular weight is 318 g/mol. The Hall–Kier alpha value is -1.74. The van der Waals surface area contributed by atoms with E-state index in [4.69, 9.17) is 5.73 Å². The van der Waals surface area contributed by atoms with E-state index in [0.717, 1.165) is 12.3 Å². The number of benzene rings is 1. The molecule has 0 spiro atoms. The van der Waals surface area contributed by atoms with E-state index in [0.29, 0.717) is 0 Å². The molecule has 116 valence electrons. The van der Waals surface area contributed by atoms with Crippen LogP contribution in [0.25, 0.3) is 11.0 Å². The maximum absolute atomic E-state index is 14.0. The number of nitrogen functional groups attached to an aromatic ring is 1. The van der Waals surface area contributed by atoms with Gasteiger partial charge in [0.2, 0.25) is 16.0 Å². The van der Waals surface area contributed by atoms with Crippen LogP contribution in [0, 0.1) is 11.6 Å². The topological polar surface area (TPSA) is 90.0 Å². The fourth-order valence-corrected chi connectivity index (χ4v) is 3.33. The van der Waals surface area contributed by atoms with Crippen LogP contribution in [0.4, 0.5) is 14.7 Å². The molecule has 0 aliphatic rings. The summed E-state index contributed by atoms with van der Waals surface area (Å²) >= 11 is 0. The van der Waals surface area contributed by atoms with Crippen LogP contribution >= 0.6 is 0 Å². The second-order valence-electron chi connectivity index (χ2n) is 5.54. The summed E-state index contributed by atoms with van der Waals surface area (Å²) in [6, 6.07) is 2.28. The number of nitrogens with one attached hydrogen (secondary N) is 1. The lowest BCUT2D eigenvalue weighted by Gasteiger charge is -2.26. The lowest BCUT2D eigenvalue weighted by Crippen LogP contribution is -2.46. The summed E-state index contributed by atoms with van der Waals surface area (Å²) in [6.45, 7) is 3.22. The van der Waals surface area contributed by atoms with E-state index in [1.807, 2.05) is 0 Å². The number of halogens is 2. The van der Waals surface area contributed by atoms with Gasteiger partial charge in [-0.15, -0.1) is 0 Å². The van der Waals surface area contributed by atoms with Gasteiger partial charge in [-0.05, 0) is 26.0 Å². The summed E-state index contributed by atoms with van der Waals surface area (Å²) in [5.41, 5.74) is 4.90. The average Bonchev–Trinajstić information content (AvgIpc) is 2.58. The SMILES string of the molecule is CC(C)(Cn1c(N)nc2ccc(F)c(F)c21)NS(C)(=O)=O. The second-order valence-corrected chi connectivity index (χ2v) is 7.29. The fraction of sp³-hybridized carbons (Fsp3) is 0.417. The molecule has 6 nitrogen and oxygen atoms in total. The van der Waals surface area contributed by atoms with Gasteiger partial charge in [-0.2, -0.15) is 0 Å². The molecule has 1 heterocycles. The summed E-state index contributed by atoms with van der Waals surface area (Å²) in [5, 5.41) is 0. The highest BCUT2D eigenvalue weighted by Crippen LogP contribution is 2.25. The number of fused-ring (bicyclic) bond motifs is 1. The Morgan fingerprint density at radius 1 is 1.38 bits per heavy atom. The van der Waals surface area contributed by atoms with Crippen LogP contribution < -0.4 is 10.5 Å². The molecule has 0 bridgehead atoms. The maximum atomic E-state index is 14.0. The molecule has 0 amide bonds. The minimum absolute atomic E-state index is 0.00275. The third-order valence-corrected chi connectivity index (χ3v) is 3.77. The first-order valence-corrected chi connectivity index (χ1v) is 7.98. The van der Waals surface area contributed by atoms with Gasteiger partial charge in [0.1, 0.15) is 5.52 Å². The number of hydrogen-bond donors (Lipinski definition) is 2. The molecule has 21 heavy (non-hydrogen) atoms. The third kappa shape index (κ3) is 3.30. The highest BCUT2D eigenvalue weighted by atomic mass is 32.2. The zero-order valence-corrected chi connectivity index (χ0v) is 12.6. The molecular formula is C12H16F2N4O2S. The predicted octanol–water partition coefficient (Wildman–Crippen LogP) is 1.22. The van der Waals surface area contributed by atoms with E-state index in [1.54, 1.807) is 13.8 Å². The van der Waals surface area contributed by atoms with E-state index in [-0.39, 0.29) is 23.5 Å². The molecule has 2 aromatic rings. The van der Waals surface area contributed by atoms with Crippen molar-refractivity contribution in [3.05, 3.63) is 23.8 Å². The minimum atomic E-state index is -3.46. The second kappa shape index (κ2) is 4.92. The molecule has 0 saturated carbocycles. The fourth-order valence-electron chi connectivity index (χ4n) is 2.26. The van der Waals surface area contributed by atoms with Crippen molar-refractivity contribution >= 4 is 27.0 Å². The molecule has 0 radical (unpaired) electrons. The highest BCUT2D eigenvalue weighted by Gasteiger charge is 2.26. The molecule has 1 aromatic heterocycles. The molecular weight excluding hydrogens is 302 g/mol. The van der Waals surface area contributed by atoms with Crippen molar-refractivity contribution < 1.29 is 17.2 Å². The van der Waals surface area contributed by atoms with Crippen molar-refractivity contribution in [2.24, 2.45) is 0 Å². The zero-order valence-electron chi connectivity index (χ0n) is 11.8. The van der Waals surface area contributed by atoms with Gasteiger partial charge in [0, 0.05) is 12.1 Å². The van der Waals surface area contributed by atoms with Crippen molar-refractivity contribution in [3.8, 4) is 0 Å². The number of nitrogens with zero attached hydrogens (tertiary/aromatic N) is 2. The van der Waals surface area contributed by atoms with Crippen LogP contribution in [-0.2, 0) is 16.6 Å². The van der Waals surface area contributed by atoms with Gasteiger partial charge in [0.15, 0.2) is 11.6 Å². The Bertz CT molecular complexity index is 799.